The quantitative estimate of drug-likeness (QED) is 0.814. The summed E-state index contributed by atoms with van der Waals surface area (Å²) in [6.07, 6.45) is 0.163. The van der Waals surface area contributed by atoms with Crippen molar-refractivity contribution in [1.29, 1.82) is 0 Å². The molecule has 1 aliphatic rings. The smallest absolute Gasteiger partial charge is 0.244 e. The van der Waals surface area contributed by atoms with Crippen LogP contribution in [0.5, 0.6) is 0 Å². The zero-order chi connectivity index (χ0) is 14.2. The van der Waals surface area contributed by atoms with Crippen LogP contribution in [0.15, 0.2) is 17.0 Å². The molecule has 0 amide bonds. The fourth-order valence-corrected chi connectivity index (χ4v) is 3.39. The molecule has 0 aliphatic carbocycles. The van der Waals surface area contributed by atoms with Crippen LogP contribution in [0.25, 0.3) is 0 Å². The maximum atomic E-state index is 13.6. The molecule has 0 aromatic heterocycles. The second-order valence-corrected chi connectivity index (χ2v) is 6.09. The van der Waals surface area contributed by atoms with Crippen LogP contribution in [0.4, 0.5) is 14.5 Å². The summed E-state index contributed by atoms with van der Waals surface area (Å²) in [5.74, 6) is -2.73. The molecule has 1 aromatic rings. The number of hydrogen-bond acceptors (Lipinski definition) is 4. The molecule has 2 atom stereocenters. The number of halogens is 2. The Morgan fingerprint density at radius 2 is 2.11 bits per heavy atom. The number of nitrogen functional groups attached to an aromatic ring is 1. The van der Waals surface area contributed by atoms with E-state index in [1.807, 2.05) is 0 Å². The Kier molecular flexibility index (Phi) is 3.75. The molecule has 1 aromatic carbocycles. The molecule has 2 unspecified atom stereocenters. The van der Waals surface area contributed by atoms with Crippen molar-refractivity contribution in [2.45, 2.75) is 30.4 Å². The summed E-state index contributed by atoms with van der Waals surface area (Å²) in [6, 6.07) is 1.16. The van der Waals surface area contributed by atoms with Crippen molar-refractivity contribution in [3.63, 3.8) is 0 Å². The lowest BCUT2D eigenvalue weighted by Crippen LogP contribution is -2.39. The van der Waals surface area contributed by atoms with Crippen molar-refractivity contribution in [2.75, 3.05) is 12.3 Å². The van der Waals surface area contributed by atoms with Gasteiger partial charge in [-0.2, -0.15) is 0 Å². The van der Waals surface area contributed by atoms with E-state index < -0.39 is 32.6 Å². The van der Waals surface area contributed by atoms with E-state index in [0.717, 1.165) is 12.1 Å². The number of sulfonamides is 1. The highest BCUT2D eigenvalue weighted by molar-refractivity contribution is 7.89. The minimum atomic E-state index is -4.18. The second kappa shape index (κ2) is 5.03. The van der Waals surface area contributed by atoms with Gasteiger partial charge in [0, 0.05) is 12.3 Å². The molecule has 0 spiro atoms. The Balaban J connectivity index is 2.34. The van der Waals surface area contributed by atoms with E-state index in [4.69, 9.17) is 10.5 Å². The number of anilines is 1. The van der Waals surface area contributed by atoms with Crippen molar-refractivity contribution < 1.29 is 21.9 Å². The highest BCUT2D eigenvalue weighted by Gasteiger charge is 2.31. The van der Waals surface area contributed by atoms with E-state index in [1.165, 1.54) is 0 Å². The van der Waals surface area contributed by atoms with Crippen LogP contribution in [-0.2, 0) is 14.8 Å². The first-order valence-corrected chi connectivity index (χ1v) is 7.18. The van der Waals surface area contributed by atoms with Gasteiger partial charge >= 0.3 is 0 Å². The maximum Gasteiger partial charge on any atom is 0.244 e. The van der Waals surface area contributed by atoms with Gasteiger partial charge in [0.2, 0.25) is 10.0 Å². The minimum absolute atomic E-state index is 0.157. The minimum Gasteiger partial charge on any atom is -0.399 e. The van der Waals surface area contributed by atoms with Crippen LogP contribution in [0.1, 0.15) is 13.3 Å². The van der Waals surface area contributed by atoms with E-state index in [1.54, 1.807) is 6.92 Å². The molecule has 0 bridgehead atoms. The average molecular weight is 292 g/mol. The SMILES string of the molecule is CC1OCCC1NS(=O)(=O)c1cc(N)cc(F)c1F. The third-order valence-corrected chi connectivity index (χ3v) is 4.48. The van der Waals surface area contributed by atoms with E-state index in [0.29, 0.717) is 13.0 Å². The molecular weight excluding hydrogens is 278 g/mol. The van der Waals surface area contributed by atoms with Crippen molar-refractivity contribution in [3.8, 4) is 0 Å². The molecule has 3 N–H and O–H groups in total. The zero-order valence-corrected chi connectivity index (χ0v) is 11.0. The monoisotopic (exact) mass is 292 g/mol. The predicted molar refractivity (Wildman–Crippen MR) is 64.9 cm³/mol. The Hall–Kier alpha value is -1.25. The number of nitrogens with one attached hydrogen (secondary N) is 1. The summed E-state index contributed by atoms with van der Waals surface area (Å²) in [7, 11) is -4.18. The van der Waals surface area contributed by atoms with Crippen molar-refractivity contribution in [1.82, 2.24) is 4.72 Å². The first-order chi connectivity index (χ1) is 8.81. The first kappa shape index (κ1) is 14.2. The summed E-state index contributed by atoms with van der Waals surface area (Å²) in [5, 5.41) is 0. The largest absolute Gasteiger partial charge is 0.399 e. The Morgan fingerprint density at radius 1 is 1.42 bits per heavy atom. The second-order valence-electron chi connectivity index (χ2n) is 4.41. The van der Waals surface area contributed by atoms with Gasteiger partial charge in [0.25, 0.3) is 0 Å². The number of hydrogen-bond donors (Lipinski definition) is 2. The molecule has 1 fully saturated rings. The lowest BCUT2D eigenvalue weighted by atomic mass is 10.2. The van der Waals surface area contributed by atoms with Crippen molar-refractivity contribution in [2.24, 2.45) is 0 Å². The third kappa shape index (κ3) is 2.85. The van der Waals surface area contributed by atoms with Gasteiger partial charge in [-0.3, -0.25) is 0 Å². The normalized spacial score (nSPS) is 23.7. The van der Waals surface area contributed by atoms with Crippen molar-refractivity contribution >= 4 is 15.7 Å². The molecular formula is C11H14F2N2O3S. The molecule has 5 nitrogen and oxygen atoms in total. The molecule has 106 valence electrons. The fraction of sp³-hybridized carbons (Fsp3) is 0.455. The van der Waals surface area contributed by atoms with E-state index >= 15 is 0 Å². The molecule has 8 heteroatoms. The zero-order valence-electron chi connectivity index (χ0n) is 10.2. The molecule has 2 rings (SSSR count). The Bertz CT molecular complexity index is 592. The van der Waals surface area contributed by atoms with Crippen molar-refractivity contribution in [3.05, 3.63) is 23.8 Å². The van der Waals surface area contributed by atoms with Crippen LogP contribution in [0.2, 0.25) is 0 Å². The van der Waals surface area contributed by atoms with E-state index in [-0.39, 0.29) is 11.8 Å². The summed E-state index contributed by atoms with van der Waals surface area (Å²) in [6.45, 7) is 2.12. The fourth-order valence-electron chi connectivity index (χ4n) is 1.93. The third-order valence-electron chi connectivity index (χ3n) is 2.99. The number of rotatable bonds is 3. The van der Waals surface area contributed by atoms with Gasteiger partial charge in [0.15, 0.2) is 11.6 Å². The molecule has 0 radical (unpaired) electrons. The highest BCUT2D eigenvalue weighted by atomic mass is 32.2. The topological polar surface area (TPSA) is 81.4 Å². The van der Waals surface area contributed by atoms with Gasteiger partial charge in [-0.1, -0.05) is 0 Å². The summed E-state index contributed by atoms with van der Waals surface area (Å²) in [5.41, 5.74) is 5.18. The predicted octanol–water partition coefficient (Wildman–Crippen LogP) is 1.00. The lowest BCUT2D eigenvalue weighted by Gasteiger charge is -2.16. The van der Waals surface area contributed by atoms with Crippen LogP contribution in [0.3, 0.4) is 0 Å². The summed E-state index contributed by atoms with van der Waals surface area (Å²) in [4.78, 5) is -0.788. The molecule has 19 heavy (non-hydrogen) atoms. The van der Waals surface area contributed by atoms with Gasteiger partial charge in [-0.15, -0.1) is 0 Å². The molecule has 1 heterocycles. The van der Waals surface area contributed by atoms with Crippen LogP contribution in [0, 0.1) is 11.6 Å². The average Bonchev–Trinajstić information content (AvgIpc) is 2.69. The van der Waals surface area contributed by atoms with Gasteiger partial charge in [-0.25, -0.2) is 21.9 Å². The molecule has 1 saturated heterocycles. The number of nitrogens with two attached hydrogens (primary N) is 1. The standard InChI is InChI=1S/C11H14F2N2O3S/c1-6-9(2-3-18-6)15-19(16,17)10-5-7(14)4-8(12)11(10)13/h4-6,9,15H,2-3,14H2,1H3. The van der Waals surface area contributed by atoms with Gasteiger partial charge < -0.3 is 10.5 Å². The lowest BCUT2D eigenvalue weighted by molar-refractivity contribution is 0.117. The van der Waals surface area contributed by atoms with E-state index in [2.05, 4.69) is 4.72 Å². The Labute approximate surface area is 109 Å². The summed E-state index contributed by atoms with van der Waals surface area (Å²) < 4.78 is 58.3. The Morgan fingerprint density at radius 3 is 2.68 bits per heavy atom. The van der Waals surface area contributed by atoms with E-state index in [9.17, 15) is 17.2 Å². The number of benzene rings is 1. The highest BCUT2D eigenvalue weighted by Crippen LogP contribution is 2.23. The van der Waals surface area contributed by atoms with Crippen LogP contribution < -0.4 is 10.5 Å². The summed E-state index contributed by atoms with van der Waals surface area (Å²) >= 11 is 0. The first-order valence-electron chi connectivity index (χ1n) is 5.69. The van der Waals surface area contributed by atoms with Crippen LogP contribution in [-0.4, -0.2) is 27.2 Å². The number of ether oxygens (including phenoxy) is 1. The van der Waals surface area contributed by atoms with Gasteiger partial charge in [-0.05, 0) is 25.5 Å². The van der Waals surface area contributed by atoms with Crippen LogP contribution >= 0.6 is 0 Å². The van der Waals surface area contributed by atoms with Gasteiger partial charge in [0.1, 0.15) is 4.90 Å². The molecule has 0 saturated carbocycles. The van der Waals surface area contributed by atoms with Gasteiger partial charge in [0.05, 0.1) is 12.1 Å². The maximum absolute atomic E-state index is 13.6. The molecule has 1 aliphatic heterocycles.